The van der Waals surface area contributed by atoms with Gasteiger partial charge >= 0.3 is 0 Å². The Morgan fingerprint density at radius 2 is 1.54 bits per heavy atom. The molecule has 1 aromatic heterocycles. The van der Waals surface area contributed by atoms with Gasteiger partial charge < -0.3 is 4.90 Å². The van der Waals surface area contributed by atoms with Gasteiger partial charge in [0.1, 0.15) is 5.82 Å². The monoisotopic (exact) mass is 380 g/mol. The molecule has 1 aromatic carbocycles. The molecule has 2 amide bonds. The Morgan fingerprint density at radius 1 is 0.821 bits per heavy atom. The van der Waals surface area contributed by atoms with Crippen LogP contribution in [0.3, 0.4) is 0 Å². The molecular formula is C22H28N4O2. The molecular weight excluding hydrogens is 352 g/mol. The van der Waals surface area contributed by atoms with Gasteiger partial charge in [0.05, 0.1) is 5.52 Å². The summed E-state index contributed by atoms with van der Waals surface area (Å²) in [5.74, 6) is 1.07. The summed E-state index contributed by atoms with van der Waals surface area (Å²) in [5.41, 5.74) is 1.05. The number of likely N-dealkylation sites (tertiary alicyclic amines) is 1. The summed E-state index contributed by atoms with van der Waals surface area (Å²) >= 11 is 0. The van der Waals surface area contributed by atoms with Crippen LogP contribution in [0.25, 0.3) is 10.9 Å². The second-order valence-corrected chi connectivity index (χ2v) is 7.69. The average Bonchev–Trinajstić information content (AvgIpc) is 2.73. The van der Waals surface area contributed by atoms with Gasteiger partial charge in [-0.1, -0.05) is 18.2 Å². The molecule has 28 heavy (non-hydrogen) atoms. The number of fused-ring (bicyclic) bond motifs is 1. The fourth-order valence-electron chi connectivity index (χ4n) is 4.09. The highest BCUT2D eigenvalue weighted by atomic mass is 16.2. The average molecular weight is 380 g/mol. The number of imide groups is 1. The maximum atomic E-state index is 11.8. The molecule has 0 saturated carbocycles. The highest BCUT2D eigenvalue weighted by Crippen LogP contribution is 2.19. The number of nitrogens with zero attached hydrogens (tertiary/aromatic N) is 4. The lowest BCUT2D eigenvalue weighted by atomic mass is 10.1. The minimum atomic E-state index is 0.00718. The van der Waals surface area contributed by atoms with Crippen molar-refractivity contribution in [2.24, 2.45) is 0 Å². The Morgan fingerprint density at radius 3 is 2.32 bits per heavy atom. The van der Waals surface area contributed by atoms with Crippen LogP contribution in [0.5, 0.6) is 0 Å². The zero-order valence-corrected chi connectivity index (χ0v) is 16.3. The maximum Gasteiger partial charge on any atom is 0.229 e. The minimum absolute atomic E-state index is 0.00718. The van der Waals surface area contributed by atoms with Crippen LogP contribution in [0.1, 0.15) is 32.1 Å². The Kier molecular flexibility index (Phi) is 5.86. The van der Waals surface area contributed by atoms with Gasteiger partial charge in [0.2, 0.25) is 11.8 Å². The summed E-state index contributed by atoms with van der Waals surface area (Å²) in [6.07, 6.45) is 3.67. The van der Waals surface area contributed by atoms with Gasteiger partial charge in [-0.25, -0.2) is 4.98 Å². The van der Waals surface area contributed by atoms with E-state index in [1.54, 1.807) is 0 Å². The Balaban J connectivity index is 1.21. The smallest absolute Gasteiger partial charge is 0.229 e. The first kappa shape index (κ1) is 18.9. The second kappa shape index (κ2) is 8.69. The highest BCUT2D eigenvalue weighted by molar-refractivity contribution is 5.97. The Bertz CT molecular complexity index is 829. The molecule has 6 heteroatoms. The number of piperidine rings is 1. The van der Waals surface area contributed by atoms with Crippen molar-refractivity contribution in [2.45, 2.75) is 32.1 Å². The lowest BCUT2D eigenvalue weighted by Crippen LogP contribution is -2.47. The van der Waals surface area contributed by atoms with E-state index in [1.165, 1.54) is 10.3 Å². The largest absolute Gasteiger partial charge is 0.354 e. The molecule has 2 saturated heterocycles. The summed E-state index contributed by atoms with van der Waals surface area (Å²) in [5, 5.41) is 1.18. The number of rotatable bonds is 6. The molecule has 0 bridgehead atoms. The lowest BCUT2D eigenvalue weighted by Gasteiger charge is -2.35. The number of carbonyl (C=O) groups is 2. The van der Waals surface area contributed by atoms with Crippen LogP contribution in [-0.2, 0) is 9.59 Å². The van der Waals surface area contributed by atoms with Crippen LogP contribution in [0, 0.1) is 0 Å². The number of amides is 2. The molecule has 2 fully saturated rings. The first-order valence-corrected chi connectivity index (χ1v) is 10.4. The summed E-state index contributed by atoms with van der Waals surface area (Å²) in [6, 6.07) is 12.5. The SMILES string of the molecule is O=C1CCCC(=O)N1CCCCN1CCN(c2ccc3ccccc3n2)CC1. The topological polar surface area (TPSA) is 56.8 Å². The predicted octanol–water partition coefficient (Wildman–Crippen LogP) is 2.68. The van der Waals surface area contributed by atoms with E-state index in [0.717, 1.165) is 56.9 Å². The van der Waals surface area contributed by atoms with Crippen molar-refractivity contribution < 1.29 is 9.59 Å². The molecule has 148 valence electrons. The number of hydrogen-bond donors (Lipinski definition) is 0. The van der Waals surface area contributed by atoms with E-state index in [4.69, 9.17) is 4.98 Å². The van der Waals surface area contributed by atoms with Gasteiger partial charge in [-0.15, -0.1) is 0 Å². The molecule has 6 nitrogen and oxygen atoms in total. The van der Waals surface area contributed by atoms with Crippen molar-refractivity contribution in [3.63, 3.8) is 0 Å². The van der Waals surface area contributed by atoms with E-state index in [1.807, 2.05) is 12.1 Å². The Labute approximate surface area is 166 Å². The number of benzene rings is 1. The molecule has 0 N–H and O–H groups in total. The number of unbranched alkanes of at least 4 members (excludes halogenated alkanes) is 1. The number of para-hydroxylation sites is 1. The maximum absolute atomic E-state index is 11.8. The fourth-order valence-corrected chi connectivity index (χ4v) is 4.09. The number of hydrogen-bond acceptors (Lipinski definition) is 5. The van der Waals surface area contributed by atoms with Crippen LogP contribution in [-0.4, -0.2) is 65.9 Å². The van der Waals surface area contributed by atoms with Crippen LogP contribution in [0.15, 0.2) is 36.4 Å². The third kappa shape index (κ3) is 4.33. The molecule has 0 spiro atoms. The van der Waals surface area contributed by atoms with Crippen molar-refractivity contribution in [2.75, 3.05) is 44.2 Å². The number of anilines is 1. The first-order valence-electron chi connectivity index (χ1n) is 10.4. The van der Waals surface area contributed by atoms with Crippen LogP contribution in [0.4, 0.5) is 5.82 Å². The predicted molar refractivity (Wildman–Crippen MR) is 110 cm³/mol. The molecule has 2 aromatic rings. The van der Waals surface area contributed by atoms with Gasteiger partial charge in [-0.05, 0) is 44.0 Å². The first-order chi connectivity index (χ1) is 13.7. The van der Waals surface area contributed by atoms with Gasteiger partial charge in [0.25, 0.3) is 0 Å². The van der Waals surface area contributed by atoms with Crippen LogP contribution < -0.4 is 4.90 Å². The van der Waals surface area contributed by atoms with Crippen LogP contribution in [0.2, 0.25) is 0 Å². The zero-order chi connectivity index (χ0) is 19.3. The molecule has 2 aliphatic rings. The second-order valence-electron chi connectivity index (χ2n) is 7.69. The summed E-state index contributed by atoms with van der Waals surface area (Å²) in [4.78, 5) is 34.8. The van der Waals surface area contributed by atoms with E-state index in [9.17, 15) is 9.59 Å². The molecule has 0 unspecified atom stereocenters. The molecule has 3 heterocycles. The van der Waals surface area contributed by atoms with E-state index in [2.05, 4.69) is 34.1 Å². The van der Waals surface area contributed by atoms with Crippen molar-refractivity contribution >= 4 is 28.5 Å². The molecule has 4 rings (SSSR count). The van der Waals surface area contributed by atoms with Crippen LogP contribution >= 0.6 is 0 Å². The minimum Gasteiger partial charge on any atom is -0.354 e. The quantitative estimate of drug-likeness (QED) is 0.570. The van der Waals surface area contributed by atoms with Gasteiger partial charge in [-0.2, -0.15) is 0 Å². The van der Waals surface area contributed by atoms with Gasteiger partial charge in [-0.3, -0.25) is 19.4 Å². The number of carbonyl (C=O) groups excluding carboxylic acids is 2. The third-order valence-electron chi connectivity index (χ3n) is 5.77. The van der Waals surface area contributed by atoms with Crippen molar-refractivity contribution in [3.8, 4) is 0 Å². The summed E-state index contributed by atoms with van der Waals surface area (Å²) in [7, 11) is 0. The number of aromatic nitrogens is 1. The number of piperazine rings is 1. The van der Waals surface area contributed by atoms with Crippen molar-refractivity contribution in [1.29, 1.82) is 0 Å². The van der Waals surface area contributed by atoms with E-state index >= 15 is 0 Å². The highest BCUT2D eigenvalue weighted by Gasteiger charge is 2.25. The fraction of sp³-hybridized carbons (Fsp3) is 0.500. The summed E-state index contributed by atoms with van der Waals surface area (Å²) in [6.45, 7) is 5.61. The Hall–Kier alpha value is -2.47. The molecule has 0 radical (unpaired) electrons. The van der Waals surface area contributed by atoms with E-state index in [-0.39, 0.29) is 11.8 Å². The van der Waals surface area contributed by atoms with Gasteiger partial charge in [0.15, 0.2) is 0 Å². The van der Waals surface area contributed by atoms with E-state index in [0.29, 0.717) is 25.8 Å². The zero-order valence-electron chi connectivity index (χ0n) is 16.3. The third-order valence-corrected chi connectivity index (χ3v) is 5.77. The number of pyridine rings is 1. The molecule has 0 atom stereocenters. The van der Waals surface area contributed by atoms with E-state index < -0.39 is 0 Å². The summed E-state index contributed by atoms with van der Waals surface area (Å²) < 4.78 is 0. The lowest BCUT2D eigenvalue weighted by molar-refractivity contribution is -0.148. The molecule has 0 aliphatic carbocycles. The standard InChI is InChI=1S/C22H28N4O2/c27-21-8-5-9-22(28)26(21)13-4-3-12-24-14-16-25(17-15-24)20-11-10-18-6-1-2-7-19(18)23-20/h1-2,6-7,10-11H,3-5,8-9,12-17H2. The normalized spacial score (nSPS) is 18.9. The van der Waals surface area contributed by atoms with Crippen molar-refractivity contribution in [1.82, 2.24) is 14.8 Å². The van der Waals surface area contributed by atoms with Gasteiger partial charge in [0, 0.05) is 51.0 Å². The molecule has 2 aliphatic heterocycles. The van der Waals surface area contributed by atoms with Crippen molar-refractivity contribution in [3.05, 3.63) is 36.4 Å².